The Balaban J connectivity index is 0.000000152. The number of benzene rings is 7. The predicted molar refractivity (Wildman–Crippen MR) is 499 cm³/mol. The number of carbonyl (C=O) groups is 4. The first-order valence-electron chi connectivity index (χ1n) is 42.4. The van der Waals surface area contributed by atoms with Gasteiger partial charge < -0.3 is 19.4 Å². The number of hydrogen-bond donors (Lipinski definition) is 1. The van der Waals surface area contributed by atoms with Crippen molar-refractivity contribution in [3.8, 4) is 44.6 Å². The number of nitrogens with one attached hydrogen (secondary N) is 1. The number of pyridine rings is 3. The van der Waals surface area contributed by atoms with Gasteiger partial charge >= 0.3 is 5.97 Å². The summed E-state index contributed by atoms with van der Waals surface area (Å²) in [6, 6.07) is 64.5. The summed E-state index contributed by atoms with van der Waals surface area (Å²) in [6.07, 6.45) is 10.3. The number of ketones is 3. The number of sulfone groups is 3. The molecule has 6 heterocycles. The molecule has 2 aliphatic heterocycles. The Hall–Kier alpha value is -11.0. The summed E-state index contributed by atoms with van der Waals surface area (Å²) in [5.41, 5.74) is 21.3. The summed E-state index contributed by atoms with van der Waals surface area (Å²) < 4.78 is 87.3. The summed E-state index contributed by atoms with van der Waals surface area (Å²) in [5.74, 6) is 1.44. The van der Waals surface area contributed by atoms with Crippen LogP contribution in [0.25, 0.3) is 61.4 Å². The maximum Gasteiger partial charge on any atom is 0.374 e. The van der Waals surface area contributed by atoms with Gasteiger partial charge in [-0.15, -0.1) is 0 Å². The molecule has 15 rings (SSSR count). The summed E-state index contributed by atoms with van der Waals surface area (Å²) in [6.45, 7) is 35.6. The minimum atomic E-state index is -3.33. The number of rotatable bonds is 23. The maximum absolute atomic E-state index is 12.8. The molecule has 2 aliphatic carbocycles. The fraction of sp³-hybridized carbons (Fsp3) is 0.330. The van der Waals surface area contributed by atoms with Gasteiger partial charge in [0.1, 0.15) is 17.2 Å². The summed E-state index contributed by atoms with van der Waals surface area (Å²) in [7, 11) is -9.88. The van der Waals surface area contributed by atoms with E-state index < -0.39 is 56.8 Å². The number of aryl methyl sites for hydroxylation is 3. The Morgan fingerprint density at radius 3 is 1.62 bits per heavy atom. The highest BCUT2D eigenvalue weighted by molar-refractivity contribution is 7.92. The number of fused-ring (bicyclic) bond motifs is 1. The third-order valence-electron chi connectivity index (χ3n) is 22.7. The van der Waals surface area contributed by atoms with Crippen molar-refractivity contribution in [2.75, 3.05) is 11.9 Å². The zero-order valence-corrected chi connectivity index (χ0v) is 77.5. The Kier molecular flexibility index (Phi) is 29.8. The van der Waals surface area contributed by atoms with Crippen LogP contribution in [0.4, 0.5) is 11.5 Å². The maximum atomic E-state index is 12.8. The molecular formula is C103H114ClN5O12S3. The molecule has 4 aliphatic rings. The molecule has 0 spiro atoms. The number of anilines is 2. The van der Waals surface area contributed by atoms with Crippen molar-refractivity contribution in [3.63, 3.8) is 0 Å². The van der Waals surface area contributed by atoms with Crippen LogP contribution in [0, 0.1) is 50.9 Å². The van der Waals surface area contributed by atoms with E-state index in [0.717, 1.165) is 109 Å². The molecule has 1 fully saturated rings. The Labute approximate surface area is 738 Å². The lowest BCUT2D eigenvalue weighted by molar-refractivity contribution is -0.147. The molecule has 124 heavy (non-hydrogen) atoms. The van der Waals surface area contributed by atoms with E-state index >= 15 is 0 Å². The molecule has 0 radical (unpaired) electrons. The Morgan fingerprint density at radius 2 is 1.09 bits per heavy atom. The normalized spacial score (nSPS) is 14.7. The van der Waals surface area contributed by atoms with E-state index in [1.165, 1.54) is 33.5 Å². The first-order chi connectivity index (χ1) is 58.6. The number of nitrogens with zero attached hydrogens (tertiary/aromatic N) is 4. The molecule has 17 nitrogen and oxygen atoms in total. The van der Waals surface area contributed by atoms with Crippen LogP contribution < -0.4 is 5.32 Å². The van der Waals surface area contributed by atoms with Crippen molar-refractivity contribution in [2.45, 2.75) is 206 Å². The number of aromatic nitrogens is 4. The van der Waals surface area contributed by atoms with Gasteiger partial charge in [-0.25, -0.2) is 35.0 Å². The van der Waals surface area contributed by atoms with Gasteiger partial charge in [0.15, 0.2) is 41.1 Å². The van der Waals surface area contributed by atoms with E-state index in [4.69, 9.17) is 21.1 Å². The molecule has 648 valence electrons. The van der Waals surface area contributed by atoms with Crippen LogP contribution in [0.1, 0.15) is 183 Å². The SMILES string of the molecule is CC(C)C(=O)Cc1c(-c2ccc(Cl)cc2)c(-c2ccccc2)c2n1CC(C)(C)C2.CC(C)S(=O)(=O)c1ccc(C2=C(OCC3CC3)C(=O)OC2(C)C)cc1.CC(C)S(=O)(=O)c1ccc(C2=C(c3ccccc3)C(=O)CC2)cc1.Cc1cccc(Nc2ncccc2C(=O)C(C)C)c1C.Cc1cnc(-c2ccc(C)nc2)c(-c2ccc(S(=O)(=O)C(C)C)cc2)c1. The summed E-state index contributed by atoms with van der Waals surface area (Å²) in [5, 5.41) is 2.64. The number of allylic oxidation sites excluding steroid dienone is 2. The van der Waals surface area contributed by atoms with Crippen LogP contribution in [-0.2, 0) is 72.8 Å². The highest BCUT2D eigenvalue weighted by atomic mass is 35.5. The molecule has 1 saturated carbocycles. The molecule has 21 heteroatoms. The zero-order valence-electron chi connectivity index (χ0n) is 74.3. The number of esters is 1. The Morgan fingerprint density at radius 1 is 0.556 bits per heavy atom. The van der Waals surface area contributed by atoms with E-state index in [-0.39, 0.29) is 45.3 Å². The van der Waals surface area contributed by atoms with Crippen LogP contribution in [-0.4, -0.2) is 96.0 Å². The monoisotopic (exact) mass is 1740 g/mol. The van der Waals surface area contributed by atoms with E-state index in [1.807, 2.05) is 165 Å². The minimum absolute atomic E-state index is 0.0220. The van der Waals surface area contributed by atoms with Crippen LogP contribution in [0.2, 0.25) is 5.02 Å². The molecule has 0 saturated heterocycles. The average Bonchev–Trinajstić information content (AvgIpc) is 1.57. The Bertz CT molecular complexity index is 6150. The van der Waals surface area contributed by atoms with Crippen molar-refractivity contribution < 1.29 is 53.9 Å². The minimum Gasteiger partial charge on any atom is -0.486 e. The second-order valence-electron chi connectivity index (χ2n) is 35.0. The zero-order chi connectivity index (χ0) is 90.1. The molecule has 0 amide bonds. The van der Waals surface area contributed by atoms with Crippen LogP contribution in [0.3, 0.4) is 0 Å². The van der Waals surface area contributed by atoms with Gasteiger partial charge in [0.05, 0.1) is 53.9 Å². The lowest BCUT2D eigenvalue weighted by Gasteiger charge is -2.21. The molecule has 0 atom stereocenters. The number of Topliss-reactive ketones (excluding diaryl/α,β-unsaturated/α-hetero) is 3. The molecule has 0 unspecified atom stereocenters. The topological polar surface area (TPSA) is 245 Å². The fourth-order valence-electron chi connectivity index (χ4n) is 15.1. The average molecular weight is 1750 g/mol. The first kappa shape index (κ1) is 93.7. The van der Waals surface area contributed by atoms with Crippen molar-refractivity contribution in [3.05, 3.63) is 292 Å². The van der Waals surface area contributed by atoms with Gasteiger partial charge in [-0.3, -0.25) is 24.4 Å². The van der Waals surface area contributed by atoms with E-state index in [0.29, 0.717) is 58.5 Å². The van der Waals surface area contributed by atoms with Crippen molar-refractivity contribution in [1.82, 2.24) is 19.5 Å². The molecule has 7 aromatic carbocycles. The highest BCUT2D eigenvalue weighted by Crippen LogP contribution is 2.49. The van der Waals surface area contributed by atoms with E-state index in [2.05, 4.69) is 107 Å². The van der Waals surface area contributed by atoms with Gasteiger partial charge in [0, 0.05) is 105 Å². The number of halogens is 1. The van der Waals surface area contributed by atoms with Crippen LogP contribution in [0.5, 0.6) is 0 Å². The summed E-state index contributed by atoms with van der Waals surface area (Å²) in [4.78, 5) is 63.8. The third-order valence-corrected chi connectivity index (χ3v) is 29.4. The molecule has 4 aromatic heterocycles. The van der Waals surface area contributed by atoms with Crippen molar-refractivity contribution in [1.29, 1.82) is 0 Å². The van der Waals surface area contributed by atoms with E-state index in [9.17, 15) is 44.4 Å². The lowest BCUT2D eigenvalue weighted by atomic mass is 9.86. The molecular weight excluding hydrogens is 1630 g/mol. The number of hydrogen-bond acceptors (Lipinski definition) is 16. The fourth-order valence-corrected chi connectivity index (χ4v) is 18.4. The van der Waals surface area contributed by atoms with E-state index in [1.54, 1.807) is 102 Å². The lowest BCUT2D eigenvalue weighted by Crippen LogP contribution is -2.22. The molecule has 0 bridgehead atoms. The second kappa shape index (κ2) is 39.4. The predicted octanol–water partition coefficient (Wildman–Crippen LogP) is 23.2. The van der Waals surface area contributed by atoms with Crippen molar-refractivity contribution in [2.24, 2.45) is 23.2 Å². The largest absolute Gasteiger partial charge is 0.486 e. The third kappa shape index (κ3) is 22.0. The first-order valence-corrected chi connectivity index (χ1v) is 47.4. The number of cyclic esters (lactones) is 1. The van der Waals surface area contributed by atoms with Gasteiger partial charge in [0.25, 0.3) is 0 Å². The van der Waals surface area contributed by atoms with Crippen LogP contribution >= 0.6 is 11.6 Å². The number of ether oxygens (including phenoxy) is 2. The van der Waals surface area contributed by atoms with Crippen LogP contribution in [0.15, 0.2) is 245 Å². The van der Waals surface area contributed by atoms with Gasteiger partial charge in [-0.2, -0.15) is 0 Å². The highest BCUT2D eigenvalue weighted by Gasteiger charge is 2.44. The molecule has 1 N–H and O–H groups in total. The van der Waals surface area contributed by atoms with Crippen molar-refractivity contribution >= 4 is 92.7 Å². The quantitative estimate of drug-likeness (QED) is 0.0462. The second-order valence-corrected chi connectivity index (χ2v) is 42.9. The summed E-state index contributed by atoms with van der Waals surface area (Å²) >= 11 is 6.17. The van der Waals surface area contributed by atoms with Gasteiger partial charge in [0.2, 0.25) is 5.76 Å². The standard InChI is InChI=1S/C26H28ClNO.C21H22N2O2S.C20H20O3S.C19H24O5S.C17H20N2O/c1-17(2)23(29)14-21-24(19-10-12-20(27)13-11-19)25(18-8-6-5-7-9-18)22-15-26(3,4)16-28(21)22;1-14(2)26(24,25)19-9-7-17(8-10-19)20-11-15(3)12-23-21(20)18-6-5-16(4)22-13-18;1-14(2)24(22,23)17-10-8-15(9-11-17)18-12-13-19(21)20(18)16-6-4-3-5-7-16;1-12(2)25(21,22)15-9-7-14(8-10-15)16-17(23-11-13-5-6-13)18(20)24-19(16,3)4;1-11(2)16(20)14-8-6-10-18-17(14)19-15-9-5-7-12(3)13(15)4/h5-13,17H,14-16H2,1-4H3;5-14H,1-4H3;3-11,14H,12-13H2,1-2H3;7-10,12-13H,5-6,11H2,1-4H3;5-11H,1-4H3,(H,18,19). The van der Waals surface area contributed by atoms with Gasteiger partial charge in [-0.05, 0) is 261 Å². The smallest absolute Gasteiger partial charge is 0.374 e. The number of carbonyl (C=O) groups excluding carboxylic acids is 4. The molecule has 11 aromatic rings. The van der Waals surface area contributed by atoms with Gasteiger partial charge in [-0.1, -0.05) is 174 Å².